The Morgan fingerprint density at radius 3 is 0.941 bits per heavy atom. The molecule has 0 aromatic carbocycles. The van der Waals surface area contributed by atoms with E-state index in [4.69, 9.17) is 0 Å². The lowest BCUT2D eigenvalue weighted by Gasteiger charge is -2.02. The van der Waals surface area contributed by atoms with Crippen molar-refractivity contribution in [2.75, 3.05) is 0 Å². The standard InChI is InChI=1S/C7H16.2C3H8.2C2H6/c1-4-6-7(3)5-2;2*1-3-2;2*1-2/h7H,4-6H2,1-3H3;2*3H2,1-2H3;2*1-2H3. The third-order valence-corrected chi connectivity index (χ3v) is 1.48. The van der Waals surface area contributed by atoms with E-state index in [1.54, 1.807) is 0 Å². The van der Waals surface area contributed by atoms with Crippen LogP contribution >= 0.6 is 0 Å². The maximum Gasteiger partial charge on any atom is -0.0446 e. The van der Waals surface area contributed by atoms with Crippen LogP contribution in [-0.2, 0) is 0 Å². The lowest BCUT2D eigenvalue weighted by atomic mass is 10.0. The first-order chi connectivity index (χ1) is 8.14. The van der Waals surface area contributed by atoms with Crippen LogP contribution in [0.25, 0.3) is 0 Å². The average Bonchev–Trinajstić information content (AvgIpc) is 2.36. The monoisotopic (exact) mass is 248 g/mol. The van der Waals surface area contributed by atoms with Crippen LogP contribution < -0.4 is 0 Å². The lowest BCUT2D eigenvalue weighted by Crippen LogP contribution is -1.88. The van der Waals surface area contributed by atoms with Gasteiger partial charge in [-0.05, 0) is 5.92 Å². The smallest absolute Gasteiger partial charge is 0.0446 e. The van der Waals surface area contributed by atoms with E-state index in [-0.39, 0.29) is 0 Å². The van der Waals surface area contributed by atoms with Gasteiger partial charge in [-0.1, -0.05) is 108 Å². The van der Waals surface area contributed by atoms with E-state index < -0.39 is 0 Å². The third kappa shape index (κ3) is 125. The van der Waals surface area contributed by atoms with Crippen molar-refractivity contribution in [3.05, 3.63) is 0 Å². The molecule has 0 aromatic heterocycles. The van der Waals surface area contributed by atoms with Gasteiger partial charge < -0.3 is 0 Å². The van der Waals surface area contributed by atoms with Crippen LogP contribution in [0.2, 0.25) is 0 Å². The van der Waals surface area contributed by atoms with Crippen molar-refractivity contribution in [3.63, 3.8) is 0 Å². The number of rotatable bonds is 3. The summed E-state index contributed by atoms with van der Waals surface area (Å²) in [4.78, 5) is 0. The quantitative estimate of drug-likeness (QED) is 0.479. The molecule has 0 amide bonds. The maximum atomic E-state index is 2.31. The third-order valence-electron chi connectivity index (χ3n) is 1.48. The molecule has 0 heteroatoms. The molecule has 0 aromatic rings. The van der Waals surface area contributed by atoms with Gasteiger partial charge in [0.2, 0.25) is 0 Å². The second-order valence-corrected chi connectivity index (χ2v) is 3.72. The number of hydrogen-bond donors (Lipinski definition) is 0. The predicted octanol–water partition coefficient (Wildman–Crippen LogP) is 7.72. The normalized spacial score (nSPS) is 8.65. The zero-order valence-electron chi connectivity index (χ0n) is 15.1. The Labute approximate surface area is 115 Å². The second-order valence-electron chi connectivity index (χ2n) is 3.72. The molecule has 0 spiro atoms. The molecule has 112 valence electrons. The Kier molecular flexibility index (Phi) is 100. The molecule has 0 aliphatic heterocycles. The van der Waals surface area contributed by atoms with Crippen molar-refractivity contribution in [2.24, 2.45) is 5.92 Å². The average molecular weight is 249 g/mol. The molecule has 0 aliphatic rings. The molecule has 0 aliphatic carbocycles. The van der Waals surface area contributed by atoms with Crippen molar-refractivity contribution in [1.29, 1.82) is 0 Å². The molecule has 1 unspecified atom stereocenters. The highest BCUT2D eigenvalue weighted by molar-refractivity contribution is 4.45. The van der Waals surface area contributed by atoms with Gasteiger partial charge in [-0.15, -0.1) is 0 Å². The van der Waals surface area contributed by atoms with Crippen molar-refractivity contribution in [3.8, 4) is 0 Å². The Bertz CT molecular complexity index is 46.0. The Morgan fingerprint density at radius 2 is 0.882 bits per heavy atom. The van der Waals surface area contributed by atoms with Crippen LogP contribution in [0.15, 0.2) is 0 Å². The lowest BCUT2D eigenvalue weighted by molar-refractivity contribution is 0.509. The highest BCUT2D eigenvalue weighted by Crippen LogP contribution is 2.07. The van der Waals surface area contributed by atoms with Crippen molar-refractivity contribution in [1.82, 2.24) is 0 Å². The predicted molar refractivity (Wildman–Crippen MR) is 89.0 cm³/mol. The summed E-state index contributed by atoms with van der Waals surface area (Å²) in [6, 6.07) is 0. The molecule has 0 saturated carbocycles. The Hall–Kier alpha value is 0. The van der Waals surface area contributed by atoms with Gasteiger partial charge in [0.25, 0.3) is 0 Å². The molecule has 0 fully saturated rings. The van der Waals surface area contributed by atoms with Crippen molar-refractivity contribution < 1.29 is 0 Å². The summed E-state index contributed by atoms with van der Waals surface area (Å²) in [7, 11) is 0. The summed E-state index contributed by atoms with van der Waals surface area (Å²) in [6.07, 6.45) is 6.58. The molecular weight excluding hydrogens is 204 g/mol. The maximum absolute atomic E-state index is 2.31. The van der Waals surface area contributed by atoms with Crippen LogP contribution in [0.3, 0.4) is 0 Å². The van der Waals surface area contributed by atoms with Gasteiger partial charge in [0.1, 0.15) is 0 Å². The summed E-state index contributed by atoms with van der Waals surface area (Å²) in [5.41, 5.74) is 0. The van der Waals surface area contributed by atoms with Gasteiger partial charge in [0.05, 0.1) is 0 Å². The molecule has 0 bridgehead atoms. The molecule has 0 nitrogen and oxygen atoms in total. The van der Waals surface area contributed by atoms with Gasteiger partial charge >= 0.3 is 0 Å². The fourth-order valence-electron chi connectivity index (χ4n) is 0.697. The minimum atomic E-state index is 0.949. The molecule has 0 heterocycles. The summed E-state index contributed by atoms with van der Waals surface area (Å²) < 4.78 is 0. The van der Waals surface area contributed by atoms with Crippen molar-refractivity contribution >= 4 is 0 Å². The van der Waals surface area contributed by atoms with Gasteiger partial charge in [-0.25, -0.2) is 0 Å². The van der Waals surface area contributed by atoms with Gasteiger partial charge in [0.15, 0.2) is 0 Å². The van der Waals surface area contributed by atoms with Crippen LogP contribution in [0.5, 0.6) is 0 Å². The highest BCUT2D eigenvalue weighted by Gasteiger charge is 1.92. The molecule has 1 atom stereocenters. The highest BCUT2D eigenvalue weighted by atomic mass is 14.0. The van der Waals surface area contributed by atoms with Crippen LogP contribution in [0.1, 0.15) is 108 Å². The molecule has 0 N–H and O–H groups in total. The molecule has 17 heavy (non-hydrogen) atoms. The van der Waals surface area contributed by atoms with Crippen LogP contribution in [0.4, 0.5) is 0 Å². The zero-order chi connectivity index (χ0) is 15.1. The summed E-state index contributed by atoms with van der Waals surface area (Å²) in [5, 5.41) is 0. The zero-order valence-corrected chi connectivity index (χ0v) is 15.1. The minimum Gasteiger partial charge on any atom is -0.0683 e. The molecular formula is C17H44. The minimum absolute atomic E-state index is 0.949. The summed E-state index contributed by atoms with van der Waals surface area (Å²) in [5.74, 6) is 0.949. The van der Waals surface area contributed by atoms with Gasteiger partial charge in [-0.3, -0.25) is 0 Å². The van der Waals surface area contributed by atoms with Crippen LogP contribution in [-0.4, -0.2) is 0 Å². The van der Waals surface area contributed by atoms with E-state index in [1.165, 1.54) is 32.1 Å². The van der Waals surface area contributed by atoms with E-state index in [1.807, 2.05) is 27.7 Å². The van der Waals surface area contributed by atoms with E-state index in [0.717, 1.165) is 5.92 Å². The fraction of sp³-hybridized carbons (Fsp3) is 1.00. The van der Waals surface area contributed by atoms with E-state index >= 15 is 0 Å². The Morgan fingerprint density at radius 1 is 0.647 bits per heavy atom. The van der Waals surface area contributed by atoms with E-state index in [2.05, 4.69) is 48.5 Å². The first-order valence-corrected chi connectivity index (χ1v) is 8.14. The first kappa shape index (κ1) is 30.2. The molecule has 0 rings (SSSR count). The SMILES string of the molecule is CC.CC.CCC.CCC.CCCC(C)CC. The second kappa shape index (κ2) is 56.2. The van der Waals surface area contributed by atoms with Crippen LogP contribution in [0, 0.1) is 5.92 Å². The molecule has 0 radical (unpaired) electrons. The number of hydrogen-bond acceptors (Lipinski definition) is 0. The molecule has 0 saturated heterocycles. The first-order valence-electron chi connectivity index (χ1n) is 8.14. The Balaban J connectivity index is -0.0000000408. The summed E-state index contributed by atoms with van der Waals surface area (Å²) in [6.45, 7) is 23.3. The topological polar surface area (TPSA) is 0 Å². The summed E-state index contributed by atoms with van der Waals surface area (Å²) >= 11 is 0. The fourth-order valence-corrected chi connectivity index (χ4v) is 0.697. The van der Waals surface area contributed by atoms with E-state index in [9.17, 15) is 0 Å². The largest absolute Gasteiger partial charge is 0.0683 e. The van der Waals surface area contributed by atoms with Gasteiger partial charge in [-0.2, -0.15) is 0 Å². The van der Waals surface area contributed by atoms with Gasteiger partial charge in [0, 0.05) is 0 Å². The van der Waals surface area contributed by atoms with Crippen molar-refractivity contribution in [2.45, 2.75) is 108 Å². The van der Waals surface area contributed by atoms with E-state index in [0.29, 0.717) is 0 Å².